The number of nitrogens with one attached hydrogen (secondary N) is 1. The van der Waals surface area contributed by atoms with Crippen LogP contribution >= 0.6 is 0 Å². The van der Waals surface area contributed by atoms with Gasteiger partial charge in [0.2, 0.25) is 0 Å². The van der Waals surface area contributed by atoms with E-state index in [0.717, 1.165) is 18.2 Å². The van der Waals surface area contributed by atoms with Crippen molar-refractivity contribution < 1.29 is 4.74 Å². The molecule has 1 aliphatic carbocycles. The van der Waals surface area contributed by atoms with E-state index in [1.807, 2.05) is 13.0 Å². The Labute approximate surface area is 127 Å². The van der Waals surface area contributed by atoms with Crippen LogP contribution < -0.4 is 10.1 Å². The van der Waals surface area contributed by atoms with Gasteiger partial charge >= 0.3 is 0 Å². The lowest BCUT2D eigenvalue weighted by molar-refractivity contribution is 0.339. The maximum atomic E-state index is 5.57. The van der Waals surface area contributed by atoms with Crippen molar-refractivity contribution in [3.63, 3.8) is 0 Å². The third kappa shape index (κ3) is 3.85. The van der Waals surface area contributed by atoms with Crippen LogP contribution in [-0.4, -0.2) is 6.61 Å². The molecule has 0 aliphatic heterocycles. The molecule has 1 saturated carbocycles. The molecular formula is C19H23NO. The van der Waals surface area contributed by atoms with Gasteiger partial charge in [0.05, 0.1) is 6.61 Å². The van der Waals surface area contributed by atoms with Crippen molar-refractivity contribution in [1.29, 1.82) is 0 Å². The molecule has 0 radical (unpaired) electrons. The molecule has 2 aromatic rings. The molecule has 1 atom stereocenters. The van der Waals surface area contributed by atoms with Crippen molar-refractivity contribution >= 4 is 0 Å². The van der Waals surface area contributed by atoms with E-state index in [-0.39, 0.29) is 0 Å². The predicted molar refractivity (Wildman–Crippen MR) is 86.4 cm³/mol. The van der Waals surface area contributed by atoms with Gasteiger partial charge in [-0.2, -0.15) is 0 Å². The highest BCUT2D eigenvalue weighted by Crippen LogP contribution is 2.41. The van der Waals surface area contributed by atoms with Crippen LogP contribution in [0.3, 0.4) is 0 Å². The maximum absolute atomic E-state index is 5.57. The Morgan fingerprint density at radius 2 is 1.90 bits per heavy atom. The highest BCUT2D eigenvalue weighted by molar-refractivity contribution is 5.29. The Kier molecular flexibility index (Phi) is 4.56. The topological polar surface area (TPSA) is 21.3 Å². The molecule has 0 spiro atoms. The van der Waals surface area contributed by atoms with Crippen molar-refractivity contribution in [1.82, 2.24) is 5.32 Å². The summed E-state index contributed by atoms with van der Waals surface area (Å²) in [5.74, 6) is 1.75. The van der Waals surface area contributed by atoms with E-state index in [1.54, 1.807) is 0 Å². The molecule has 0 heterocycles. The predicted octanol–water partition coefficient (Wildman–Crippen LogP) is 4.33. The summed E-state index contributed by atoms with van der Waals surface area (Å²) in [5, 5.41) is 3.73. The fourth-order valence-corrected chi connectivity index (χ4v) is 2.79. The first-order valence-electron chi connectivity index (χ1n) is 7.87. The number of rotatable bonds is 7. The van der Waals surface area contributed by atoms with Crippen LogP contribution in [-0.2, 0) is 6.54 Å². The molecule has 110 valence electrons. The zero-order valence-corrected chi connectivity index (χ0v) is 12.6. The van der Waals surface area contributed by atoms with E-state index in [1.165, 1.54) is 24.0 Å². The molecule has 1 unspecified atom stereocenters. The second-order valence-corrected chi connectivity index (χ2v) is 5.69. The first-order valence-corrected chi connectivity index (χ1v) is 7.87. The summed E-state index contributed by atoms with van der Waals surface area (Å²) in [6.07, 6.45) is 2.68. The Bertz CT molecular complexity index is 563. The molecule has 1 N–H and O–H groups in total. The number of hydrogen-bond donors (Lipinski definition) is 1. The minimum Gasteiger partial charge on any atom is -0.494 e. The third-order valence-electron chi connectivity index (χ3n) is 3.99. The first kappa shape index (κ1) is 14.2. The van der Waals surface area contributed by atoms with Gasteiger partial charge < -0.3 is 10.1 Å². The van der Waals surface area contributed by atoms with Crippen molar-refractivity contribution in [2.24, 2.45) is 5.92 Å². The summed E-state index contributed by atoms with van der Waals surface area (Å²) in [6, 6.07) is 19.6. The maximum Gasteiger partial charge on any atom is 0.119 e. The van der Waals surface area contributed by atoms with Crippen LogP contribution in [0.2, 0.25) is 0 Å². The highest BCUT2D eigenvalue weighted by Gasteiger charge is 2.31. The Balaban J connectivity index is 1.66. The average molecular weight is 281 g/mol. The zero-order valence-electron chi connectivity index (χ0n) is 12.6. The molecule has 2 nitrogen and oxygen atoms in total. The van der Waals surface area contributed by atoms with Crippen LogP contribution in [0.1, 0.15) is 36.9 Å². The number of hydrogen-bond acceptors (Lipinski definition) is 2. The van der Waals surface area contributed by atoms with Crippen molar-refractivity contribution in [3.05, 3.63) is 65.7 Å². The van der Waals surface area contributed by atoms with Crippen LogP contribution in [0.15, 0.2) is 54.6 Å². The van der Waals surface area contributed by atoms with Crippen LogP contribution in [0.4, 0.5) is 0 Å². The van der Waals surface area contributed by atoms with Gasteiger partial charge in [-0.3, -0.25) is 0 Å². The van der Waals surface area contributed by atoms with Gasteiger partial charge in [0.25, 0.3) is 0 Å². The van der Waals surface area contributed by atoms with Crippen LogP contribution in [0, 0.1) is 5.92 Å². The minimum absolute atomic E-state index is 0.474. The average Bonchev–Trinajstić information content (AvgIpc) is 3.34. The quantitative estimate of drug-likeness (QED) is 0.815. The summed E-state index contributed by atoms with van der Waals surface area (Å²) in [5.41, 5.74) is 2.68. The molecule has 1 fully saturated rings. The normalized spacial score (nSPS) is 15.7. The molecule has 0 aromatic heterocycles. The largest absolute Gasteiger partial charge is 0.494 e. The lowest BCUT2D eigenvalue weighted by Crippen LogP contribution is -2.22. The molecular weight excluding hydrogens is 258 g/mol. The van der Waals surface area contributed by atoms with Gasteiger partial charge in [-0.05, 0) is 48.9 Å². The Hall–Kier alpha value is -1.80. The van der Waals surface area contributed by atoms with Gasteiger partial charge in [0, 0.05) is 12.6 Å². The highest BCUT2D eigenvalue weighted by atomic mass is 16.5. The van der Waals surface area contributed by atoms with E-state index in [9.17, 15) is 0 Å². The van der Waals surface area contributed by atoms with Gasteiger partial charge in [-0.15, -0.1) is 0 Å². The molecule has 0 saturated heterocycles. The van der Waals surface area contributed by atoms with Gasteiger partial charge in [-0.25, -0.2) is 0 Å². The lowest BCUT2D eigenvalue weighted by atomic mass is 10.0. The molecule has 0 bridgehead atoms. The molecule has 21 heavy (non-hydrogen) atoms. The molecule has 2 aromatic carbocycles. The van der Waals surface area contributed by atoms with E-state index < -0.39 is 0 Å². The van der Waals surface area contributed by atoms with Crippen molar-refractivity contribution in [2.75, 3.05) is 6.61 Å². The summed E-state index contributed by atoms with van der Waals surface area (Å²) < 4.78 is 5.57. The summed E-state index contributed by atoms with van der Waals surface area (Å²) >= 11 is 0. The second-order valence-electron chi connectivity index (χ2n) is 5.69. The summed E-state index contributed by atoms with van der Waals surface area (Å²) in [7, 11) is 0. The molecule has 1 aliphatic rings. The monoisotopic (exact) mass is 281 g/mol. The van der Waals surface area contributed by atoms with Gasteiger partial charge in [-0.1, -0.05) is 42.5 Å². The zero-order chi connectivity index (χ0) is 14.5. The van der Waals surface area contributed by atoms with E-state index in [0.29, 0.717) is 12.6 Å². The molecule has 3 rings (SSSR count). The van der Waals surface area contributed by atoms with Crippen LogP contribution in [0.25, 0.3) is 0 Å². The number of benzene rings is 2. The Morgan fingerprint density at radius 3 is 2.62 bits per heavy atom. The first-order chi connectivity index (χ1) is 10.4. The van der Waals surface area contributed by atoms with Crippen molar-refractivity contribution in [2.45, 2.75) is 32.4 Å². The van der Waals surface area contributed by atoms with Crippen LogP contribution in [0.5, 0.6) is 5.75 Å². The molecule has 0 amide bonds. The smallest absolute Gasteiger partial charge is 0.119 e. The second kappa shape index (κ2) is 6.77. The van der Waals surface area contributed by atoms with Gasteiger partial charge in [0.1, 0.15) is 5.75 Å². The minimum atomic E-state index is 0.474. The number of ether oxygens (including phenoxy) is 1. The lowest BCUT2D eigenvalue weighted by Gasteiger charge is -2.19. The third-order valence-corrected chi connectivity index (χ3v) is 3.99. The fourth-order valence-electron chi connectivity index (χ4n) is 2.79. The Morgan fingerprint density at radius 1 is 1.10 bits per heavy atom. The molecule has 2 heteroatoms. The summed E-state index contributed by atoms with van der Waals surface area (Å²) in [4.78, 5) is 0. The summed E-state index contributed by atoms with van der Waals surface area (Å²) in [6.45, 7) is 3.62. The van der Waals surface area contributed by atoms with Crippen molar-refractivity contribution in [3.8, 4) is 5.75 Å². The van der Waals surface area contributed by atoms with E-state index in [2.05, 4.69) is 53.8 Å². The SMILES string of the molecule is CCOc1cccc(CNC(c2ccccc2)C2CC2)c1. The van der Waals surface area contributed by atoms with Gasteiger partial charge in [0.15, 0.2) is 0 Å². The van der Waals surface area contributed by atoms with E-state index >= 15 is 0 Å². The van der Waals surface area contributed by atoms with E-state index in [4.69, 9.17) is 4.74 Å². The fraction of sp³-hybridized carbons (Fsp3) is 0.368. The standard InChI is InChI=1S/C19H23NO/c1-2-21-18-10-6-7-15(13-18)14-20-19(17-11-12-17)16-8-4-3-5-9-16/h3-10,13,17,19-20H,2,11-12,14H2,1H3.